The van der Waals surface area contributed by atoms with Crippen molar-refractivity contribution >= 4 is 21.6 Å². The van der Waals surface area contributed by atoms with Crippen molar-refractivity contribution in [3.05, 3.63) is 23.5 Å². The van der Waals surface area contributed by atoms with Crippen LogP contribution in [-0.2, 0) is 10.0 Å². The maximum Gasteiger partial charge on any atom is 0.242 e. The Bertz CT molecular complexity index is 503. The summed E-state index contributed by atoms with van der Waals surface area (Å²) >= 11 is 5.70. The number of rotatable bonds is 6. The summed E-state index contributed by atoms with van der Waals surface area (Å²) in [5.74, 6) is 0. The van der Waals surface area contributed by atoms with Crippen molar-refractivity contribution in [2.45, 2.75) is 25.2 Å². The lowest BCUT2D eigenvalue weighted by molar-refractivity contribution is 0.213. The van der Waals surface area contributed by atoms with Crippen LogP contribution in [0.4, 0.5) is 0 Å². The third kappa shape index (κ3) is 4.53. The van der Waals surface area contributed by atoms with E-state index < -0.39 is 10.0 Å². The fraction of sp³-hybridized carbons (Fsp3) is 0.545. The van der Waals surface area contributed by atoms with Gasteiger partial charge in [-0.3, -0.25) is 4.98 Å². The number of hydrogen-bond acceptors (Lipinski definition) is 4. The highest BCUT2D eigenvalue weighted by atomic mass is 35.5. The van der Waals surface area contributed by atoms with E-state index in [4.69, 9.17) is 16.7 Å². The Kier molecular flexibility index (Phi) is 5.10. The maximum atomic E-state index is 12.0. The fourth-order valence-electron chi connectivity index (χ4n) is 1.30. The highest BCUT2D eigenvalue weighted by Gasteiger charge is 2.22. The van der Waals surface area contributed by atoms with Crippen molar-refractivity contribution in [3.63, 3.8) is 0 Å². The average molecular weight is 293 g/mol. The molecule has 0 aliphatic carbocycles. The minimum atomic E-state index is -3.61. The Labute approximate surface area is 112 Å². The van der Waals surface area contributed by atoms with Gasteiger partial charge in [0.15, 0.2) is 0 Å². The minimum Gasteiger partial charge on any atom is -0.396 e. The van der Waals surface area contributed by atoms with Gasteiger partial charge in [0.25, 0.3) is 0 Å². The summed E-state index contributed by atoms with van der Waals surface area (Å²) in [4.78, 5) is 3.78. The molecule has 0 radical (unpaired) electrons. The topological polar surface area (TPSA) is 79.3 Å². The van der Waals surface area contributed by atoms with Crippen LogP contribution in [0.2, 0.25) is 5.02 Å². The molecule has 0 saturated carbocycles. The Morgan fingerprint density at radius 3 is 2.67 bits per heavy atom. The van der Waals surface area contributed by atoms with Gasteiger partial charge in [-0.15, -0.1) is 0 Å². The first-order valence-corrected chi connectivity index (χ1v) is 7.34. The molecule has 0 unspecified atom stereocenters. The van der Waals surface area contributed by atoms with Crippen molar-refractivity contribution in [2.24, 2.45) is 5.41 Å². The van der Waals surface area contributed by atoms with Crippen LogP contribution in [0.1, 0.15) is 20.3 Å². The van der Waals surface area contributed by atoms with E-state index in [9.17, 15) is 8.42 Å². The highest BCUT2D eigenvalue weighted by Crippen LogP contribution is 2.20. The molecule has 1 rings (SSSR count). The lowest BCUT2D eigenvalue weighted by Gasteiger charge is -2.23. The first-order chi connectivity index (χ1) is 8.27. The molecular formula is C11H17ClN2O3S. The first-order valence-electron chi connectivity index (χ1n) is 5.48. The number of aliphatic hydroxyl groups excluding tert-OH is 1. The summed E-state index contributed by atoms with van der Waals surface area (Å²) in [6.07, 6.45) is 3.13. The van der Waals surface area contributed by atoms with Crippen molar-refractivity contribution in [3.8, 4) is 0 Å². The molecule has 7 heteroatoms. The second-order valence-electron chi connectivity index (χ2n) is 4.80. The number of pyridine rings is 1. The van der Waals surface area contributed by atoms with Gasteiger partial charge in [-0.25, -0.2) is 13.1 Å². The molecule has 0 fully saturated rings. The molecule has 0 aromatic carbocycles. The van der Waals surface area contributed by atoms with Crippen LogP contribution in [0.3, 0.4) is 0 Å². The molecule has 2 N–H and O–H groups in total. The summed E-state index contributed by atoms with van der Waals surface area (Å²) < 4.78 is 26.4. The van der Waals surface area contributed by atoms with Crippen LogP contribution >= 0.6 is 11.6 Å². The molecule has 1 heterocycles. The maximum absolute atomic E-state index is 12.0. The lowest BCUT2D eigenvalue weighted by atomic mass is 9.90. The molecule has 1 aromatic heterocycles. The monoisotopic (exact) mass is 292 g/mol. The third-order valence-electron chi connectivity index (χ3n) is 2.52. The van der Waals surface area contributed by atoms with Crippen LogP contribution < -0.4 is 4.72 Å². The van der Waals surface area contributed by atoms with Gasteiger partial charge in [0.05, 0.1) is 5.02 Å². The SMILES string of the molecule is CC(C)(CCO)CNS(=O)(=O)c1cncc(Cl)c1. The molecule has 0 spiro atoms. The number of hydrogen-bond donors (Lipinski definition) is 2. The zero-order valence-corrected chi connectivity index (χ0v) is 11.9. The van der Waals surface area contributed by atoms with E-state index in [-0.39, 0.29) is 28.5 Å². The van der Waals surface area contributed by atoms with Crippen molar-refractivity contribution in [2.75, 3.05) is 13.2 Å². The standard InChI is InChI=1S/C11H17ClN2O3S/c1-11(2,3-4-15)8-14-18(16,17)10-5-9(12)6-13-7-10/h5-7,14-15H,3-4,8H2,1-2H3. The Balaban J connectivity index is 2.78. The van der Waals surface area contributed by atoms with Gasteiger partial charge < -0.3 is 5.11 Å². The highest BCUT2D eigenvalue weighted by molar-refractivity contribution is 7.89. The number of aromatic nitrogens is 1. The molecule has 0 saturated heterocycles. The van der Waals surface area contributed by atoms with Crippen LogP contribution in [0.25, 0.3) is 0 Å². The number of halogens is 1. The van der Waals surface area contributed by atoms with Gasteiger partial charge in [0, 0.05) is 25.5 Å². The van der Waals surface area contributed by atoms with Gasteiger partial charge in [-0.2, -0.15) is 0 Å². The first kappa shape index (κ1) is 15.4. The number of aliphatic hydroxyl groups is 1. The Morgan fingerprint density at radius 1 is 1.44 bits per heavy atom. The van der Waals surface area contributed by atoms with E-state index in [1.165, 1.54) is 18.5 Å². The van der Waals surface area contributed by atoms with Gasteiger partial charge >= 0.3 is 0 Å². The van der Waals surface area contributed by atoms with Crippen LogP contribution in [0, 0.1) is 5.41 Å². The Morgan fingerprint density at radius 2 is 2.11 bits per heavy atom. The summed E-state index contributed by atoms with van der Waals surface area (Å²) in [6, 6.07) is 1.34. The van der Waals surface area contributed by atoms with Crippen LogP contribution in [0.15, 0.2) is 23.4 Å². The smallest absolute Gasteiger partial charge is 0.242 e. The predicted octanol–water partition coefficient (Wildman–Crippen LogP) is 1.42. The minimum absolute atomic E-state index is 0.0213. The zero-order chi connectivity index (χ0) is 13.8. The molecule has 5 nitrogen and oxygen atoms in total. The molecule has 0 aliphatic rings. The third-order valence-corrected chi connectivity index (χ3v) is 4.09. The van der Waals surface area contributed by atoms with Crippen LogP contribution in [-0.4, -0.2) is 31.7 Å². The van der Waals surface area contributed by atoms with Gasteiger partial charge in [0.1, 0.15) is 4.90 Å². The van der Waals surface area contributed by atoms with Crippen LogP contribution in [0.5, 0.6) is 0 Å². The van der Waals surface area contributed by atoms with E-state index >= 15 is 0 Å². The molecule has 102 valence electrons. The number of sulfonamides is 1. The van der Waals surface area contributed by atoms with Crippen molar-refractivity contribution in [1.82, 2.24) is 9.71 Å². The predicted molar refractivity (Wildman–Crippen MR) is 69.9 cm³/mol. The fourth-order valence-corrected chi connectivity index (χ4v) is 2.77. The van der Waals surface area contributed by atoms with E-state index in [1.54, 1.807) is 0 Å². The van der Waals surface area contributed by atoms with Gasteiger partial charge in [-0.1, -0.05) is 25.4 Å². The van der Waals surface area contributed by atoms with E-state index in [0.29, 0.717) is 6.42 Å². The molecule has 0 bridgehead atoms. The van der Waals surface area contributed by atoms with Crippen molar-refractivity contribution in [1.29, 1.82) is 0 Å². The lowest BCUT2D eigenvalue weighted by Crippen LogP contribution is -2.34. The summed E-state index contributed by atoms with van der Waals surface area (Å²) in [7, 11) is -3.61. The molecule has 0 aliphatic heterocycles. The normalized spacial score (nSPS) is 12.7. The molecule has 0 atom stereocenters. The second-order valence-corrected chi connectivity index (χ2v) is 7.00. The largest absolute Gasteiger partial charge is 0.396 e. The van der Waals surface area contributed by atoms with E-state index in [2.05, 4.69) is 9.71 Å². The Hall–Kier alpha value is -0.690. The molecule has 1 aromatic rings. The summed E-state index contributed by atoms with van der Waals surface area (Å²) in [6.45, 7) is 4.01. The number of nitrogens with one attached hydrogen (secondary N) is 1. The zero-order valence-electron chi connectivity index (χ0n) is 10.4. The summed E-state index contributed by atoms with van der Waals surface area (Å²) in [5, 5.41) is 9.15. The molecule has 0 amide bonds. The second kappa shape index (κ2) is 5.97. The van der Waals surface area contributed by atoms with E-state index in [1.807, 2.05) is 13.8 Å². The summed E-state index contributed by atoms with van der Waals surface area (Å²) in [5.41, 5.74) is -0.312. The number of nitrogens with zero attached hydrogens (tertiary/aromatic N) is 1. The van der Waals surface area contributed by atoms with Crippen molar-refractivity contribution < 1.29 is 13.5 Å². The quantitative estimate of drug-likeness (QED) is 0.831. The van der Waals surface area contributed by atoms with E-state index in [0.717, 1.165) is 0 Å². The molecule has 18 heavy (non-hydrogen) atoms. The molecular weight excluding hydrogens is 276 g/mol. The van der Waals surface area contributed by atoms with Gasteiger partial charge in [0.2, 0.25) is 10.0 Å². The van der Waals surface area contributed by atoms with Gasteiger partial charge in [-0.05, 0) is 17.9 Å². The average Bonchev–Trinajstić information content (AvgIpc) is 2.27.